The second kappa shape index (κ2) is 6.94. The van der Waals surface area contributed by atoms with Crippen molar-refractivity contribution >= 4 is 0 Å². The van der Waals surface area contributed by atoms with Crippen LogP contribution in [0.3, 0.4) is 0 Å². The average Bonchev–Trinajstić information content (AvgIpc) is 3.08. The quantitative estimate of drug-likeness (QED) is 0.892. The van der Waals surface area contributed by atoms with E-state index in [9.17, 15) is 0 Å². The van der Waals surface area contributed by atoms with Crippen molar-refractivity contribution in [2.45, 2.75) is 75.9 Å². The van der Waals surface area contributed by atoms with Crippen LogP contribution in [0.1, 0.15) is 63.4 Å². The smallest absolute Gasteiger partial charge is 0.0338 e. The Morgan fingerprint density at radius 3 is 2.43 bits per heavy atom. The summed E-state index contributed by atoms with van der Waals surface area (Å²) in [6.07, 6.45) is 12.9. The van der Waals surface area contributed by atoms with Gasteiger partial charge in [-0.3, -0.25) is 4.90 Å². The van der Waals surface area contributed by atoms with Gasteiger partial charge in [0.2, 0.25) is 0 Å². The molecule has 0 amide bonds. The van der Waals surface area contributed by atoms with Crippen LogP contribution in [-0.2, 0) is 6.54 Å². The van der Waals surface area contributed by atoms with Crippen LogP contribution in [0.2, 0.25) is 0 Å². The Morgan fingerprint density at radius 2 is 1.70 bits per heavy atom. The molecule has 2 heteroatoms. The van der Waals surface area contributed by atoms with E-state index in [1.54, 1.807) is 0 Å². The number of benzene rings is 1. The van der Waals surface area contributed by atoms with Gasteiger partial charge >= 0.3 is 0 Å². The van der Waals surface area contributed by atoms with Crippen molar-refractivity contribution < 1.29 is 0 Å². The Kier molecular flexibility index (Phi) is 4.73. The van der Waals surface area contributed by atoms with Gasteiger partial charge in [0.05, 0.1) is 0 Å². The second-order valence-corrected chi connectivity index (χ2v) is 8.18. The molecule has 23 heavy (non-hydrogen) atoms. The van der Waals surface area contributed by atoms with Gasteiger partial charge in [0.15, 0.2) is 0 Å². The third-order valence-corrected chi connectivity index (χ3v) is 6.75. The van der Waals surface area contributed by atoms with Crippen LogP contribution in [0.5, 0.6) is 0 Å². The molecule has 1 heterocycles. The van der Waals surface area contributed by atoms with Crippen molar-refractivity contribution in [1.82, 2.24) is 10.2 Å². The molecule has 2 aliphatic carbocycles. The molecule has 0 radical (unpaired) electrons. The lowest BCUT2D eigenvalue weighted by atomic mass is 9.80. The maximum atomic E-state index is 4.00. The first kappa shape index (κ1) is 15.7. The van der Waals surface area contributed by atoms with Gasteiger partial charge in [-0.2, -0.15) is 0 Å². The molecule has 1 atom stereocenters. The Hall–Kier alpha value is -0.860. The molecule has 3 aliphatic rings. The van der Waals surface area contributed by atoms with E-state index >= 15 is 0 Å². The number of piperazine rings is 1. The lowest BCUT2D eigenvalue weighted by Crippen LogP contribution is -2.64. The van der Waals surface area contributed by atoms with E-state index < -0.39 is 0 Å². The highest BCUT2D eigenvalue weighted by Gasteiger charge is 2.44. The third kappa shape index (κ3) is 3.34. The minimum atomic E-state index is 0.445. The SMILES string of the molecule is c1ccc(CN2CC(C3CCCCC3)NCC23CCCC3)cc1. The summed E-state index contributed by atoms with van der Waals surface area (Å²) >= 11 is 0. The lowest BCUT2D eigenvalue weighted by Gasteiger charge is -2.50. The molecule has 3 fully saturated rings. The monoisotopic (exact) mass is 312 g/mol. The van der Waals surface area contributed by atoms with E-state index in [1.165, 1.54) is 76.4 Å². The molecule has 1 aliphatic heterocycles. The van der Waals surface area contributed by atoms with Crippen LogP contribution in [0.15, 0.2) is 30.3 Å². The van der Waals surface area contributed by atoms with Crippen molar-refractivity contribution in [3.8, 4) is 0 Å². The summed E-state index contributed by atoms with van der Waals surface area (Å²) < 4.78 is 0. The number of nitrogens with one attached hydrogen (secondary N) is 1. The second-order valence-electron chi connectivity index (χ2n) is 8.18. The highest BCUT2D eigenvalue weighted by atomic mass is 15.3. The van der Waals surface area contributed by atoms with E-state index in [0.717, 1.165) is 18.5 Å². The predicted octanol–water partition coefficient (Wildman–Crippen LogP) is 4.35. The van der Waals surface area contributed by atoms with Crippen molar-refractivity contribution in [3.63, 3.8) is 0 Å². The van der Waals surface area contributed by atoms with E-state index in [4.69, 9.17) is 0 Å². The molecular formula is C21H32N2. The zero-order valence-corrected chi connectivity index (χ0v) is 14.5. The summed E-state index contributed by atoms with van der Waals surface area (Å²) in [6.45, 7) is 3.63. The van der Waals surface area contributed by atoms with Gasteiger partial charge in [0.25, 0.3) is 0 Å². The van der Waals surface area contributed by atoms with E-state index in [1.807, 2.05) is 0 Å². The van der Waals surface area contributed by atoms with Gasteiger partial charge in [-0.25, -0.2) is 0 Å². The number of hydrogen-bond acceptors (Lipinski definition) is 2. The zero-order chi connectivity index (χ0) is 15.5. The van der Waals surface area contributed by atoms with Crippen molar-refractivity contribution in [2.75, 3.05) is 13.1 Å². The fourth-order valence-electron chi connectivity index (χ4n) is 5.34. The summed E-state index contributed by atoms with van der Waals surface area (Å²) in [6, 6.07) is 11.9. The molecular weight excluding hydrogens is 280 g/mol. The number of nitrogens with zero attached hydrogens (tertiary/aromatic N) is 1. The Morgan fingerprint density at radius 1 is 0.957 bits per heavy atom. The van der Waals surface area contributed by atoms with E-state index in [0.29, 0.717) is 5.54 Å². The van der Waals surface area contributed by atoms with E-state index in [2.05, 4.69) is 40.5 Å². The van der Waals surface area contributed by atoms with Crippen LogP contribution >= 0.6 is 0 Å². The van der Waals surface area contributed by atoms with Crippen molar-refractivity contribution in [1.29, 1.82) is 0 Å². The molecule has 2 saturated carbocycles. The number of hydrogen-bond donors (Lipinski definition) is 1. The van der Waals surface area contributed by atoms with Gasteiger partial charge in [0, 0.05) is 31.2 Å². The molecule has 1 aromatic rings. The van der Waals surface area contributed by atoms with Crippen LogP contribution < -0.4 is 5.32 Å². The minimum Gasteiger partial charge on any atom is -0.311 e. The molecule has 2 nitrogen and oxygen atoms in total. The molecule has 1 unspecified atom stereocenters. The third-order valence-electron chi connectivity index (χ3n) is 6.75. The van der Waals surface area contributed by atoms with E-state index in [-0.39, 0.29) is 0 Å². The summed E-state index contributed by atoms with van der Waals surface area (Å²) in [5, 5.41) is 4.00. The topological polar surface area (TPSA) is 15.3 Å². The first-order valence-corrected chi connectivity index (χ1v) is 9.88. The highest BCUT2D eigenvalue weighted by Crippen LogP contribution is 2.39. The van der Waals surface area contributed by atoms with Gasteiger partial charge < -0.3 is 5.32 Å². The average molecular weight is 313 g/mol. The summed E-state index contributed by atoms with van der Waals surface area (Å²) in [7, 11) is 0. The van der Waals surface area contributed by atoms with Crippen LogP contribution in [0.25, 0.3) is 0 Å². The molecule has 1 saturated heterocycles. The summed E-state index contributed by atoms with van der Waals surface area (Å²) in [5.41, 5.74) is 1.93. The fraction of sp³-hybridized carbons (Fsp3) is 0.714. The molecule has 1 aromatic carbocycles. The normalized spacial score (nSPS) is 29.1. The molecule has 4 rings (SSSR count). The van der Waals surface area contributed by atoms with Crippen molar-refractivity contribution in [3.05, 3.63) is 35.9 Å². The minimum absolute atomic E-state index is 0.445. The Labute approximate surface area is 141 Å². The van der Waals surface area contributed by atoms with Gasteiger partial charge in [-0.1, -0.05) is 62.4 Å². The maximum Gasteiger partial charge on any atom is 0.0338 e. The van der Waals surface area contributed by atoms with Crippen LogP contribution in [-0.4, -0.2) is 29.6 Å². The molecule has 0 bridgehead atoms. The van der Waals surface area contributed by atoms with Crippen LogP contribution in [0, 0.1) is 5.92 Å². The first-order valence-electron chi connectivity index (χ1n) is 9.88. The Balaban J connectivity index is 1.50. The van der Waals surface area contributed by atoms with Crippen molar-refractivity contribution in [2.24, 2.45) is 5.92 Å². The molecule has 126 valence electrons. The zero-order valence-electron chi connectivity index (χ0n) is 14.5. The fourth-order valence-corrected chi connectivity index (χ4v) is 5.34. The standard InChI is InChI=1S/C21H32N2/c1-3-9-18(10-4-1)15-23-16-20(19-11-5-2-6-12-19)22-17-21(23)13-7-8-14-21/h1,3-4,9-10,19-20,22H,2,5-8,11-17H2. The molecule has 1 spiro atoms. The van der Waals surface area contributed by atoms with Gasteiger partial charge in [-0.05, 0) is 37.2 Å². The molecule has 1 N–H and O–H groups in total. The van der Waals surface area contributed by atoms with Gasteiger partial charge in [0.1, 0.15) is 0 Å². The largest absolute Gasteiger partial charge is 0.311 e. The highest BCUT2D eigenvalue weighted by molar-refractivity contribution is 5.16. The lowest BCUT2D eigenvalue weighted by molar-refractivity contribution is 0.0178. The summed E-state index contributed by atoms with van der Waals surface area (Å²) in [4.78, 5) is 2.87. The Bertz CT molecular complexity index is 486. The van der Waals surface area contributed by atoms with Crippen LogP contribution in [0.4, 0.5) is 0 Å². The predicted molar refractivity (Wildman–Crippen MR) is 96.4 cm³/mol. The molecule has 0 aromatic heterocycles. The number of rotatable bonds is 3. The summed E-state index contributed by atoms with van der Waals surface area (Å²) in [5.74, 6) is 0.917. The first-order chi connectivity index (χ1) is 11.4. The maximum absolute atomic E-state index is 4.00. The van der Waals surface area contributed by atoms with Gasteiger partial charge in [-0.15, -0.1) is 0 Å².